The molecule has 1 amide bonds. The van der Waals surface area contributed by atoms with Crippen molar-refractivity contribution in [2.24, 2.45) is 0 Å². The van der Waals surface area contributed by atoms with Crippen LogP contribution in [0.15, 0.2) is 71.1 Å². The van der Waals surface area contributed by atoms with Crippen LogP contribution in [-0.4, -0.2) is 10.9 Å². The third-order valence-corrected chi connectivity index (χ3v) is 6.05. The van der Waals surface area contributed by atoms with Crippen LogP contribution in [0.25, 0.3) is 33.3 Å². The largest absolute Gasteiger partial charge is 0.436 e. The molecule has 5 aromatic rings. The number of oxazole rings is 1. The average Bonchev–Trinajstić information content (AvgIpc) is 3.19. The summed E-state index contributed by atoms with van der Waals surface area (Å²) >= 11 is 12.7. The fraction of sp³-hybridized carbons (Fsp3) is 0.0769. The Labute approximate surface area is 194 Å². The van der Waals surface area contributed by atoms with E-state index in [1.54, 1.807) is 24.3 Å². The van der Waals surface area contributed by atoms with Crippen molar-refractivity contribution < 1.29 is 9.21 Å². The zero-order chi connectivity index (χ0) is 22.4. The number of benzene rings is 4. The Morgan fingerprint density at radius 1 is 0.906 bits per heavy atom. The predicted octanol–water partition coefficient (Wildman–Crippen LogP) is 7.82. The quantitative estimate of drug-likeness (QED) is 0.298. The minimum Gasteiger partial charge on any atom is -0.436 e. The number of fused-ring (bicyclic) bond motifs is 2. The van der Waals surface area contributed by atoms with Gasteiger partial charge in [-0.15, -0.1) is 0 Å². The van der Waals surface area contributed by atoms with E-state index in [1.165, 1.54) is 0 Å². The lowest BCUT2D eigenvalue weighted by Gasteiger charge is -2.11. The molecule has 158 valence electrons. The van der Waals surface area contributed by atoms with Gasteiger partial charge in [-0.1, -0.05) is 53.5 Å². The summed E-state index contributed by atoms with van der Waals surface area (Å²) in [5.74, 6) is 0.193. The van der Waals surface area contributed by atoms with Crippen LogP contribution in [0, 0.1) is 13.8 Å². The normalized spacial score (nSPS) is 11.2. The average molecular weight is 461 g/mol. The summed E-state index contributed by atoms with van der Waals surface area (Å²) in [4.78, 5) is 17.7. The standard InChI is InChI=1S/C26H18Cl2N2O2/c1-14-11-15(2)24-23(12-14)30-26(32-24)16-9-10-21(28)22(13-16)29-25(31)19-7-3-6-18-17(19)5-4-8-20(18)27/h3-13H,1-2H3,(H,29,31). The minimum absolute atomic E-state index is 0.277. The maximum Gasteiger partial charge on any atom is 0.256 e. The zero-order valence-electron chi connectivity index (χ0n) is 17.4. The first-order valence-corrected chi connectivity index (χ1v) is 10.8. The van der Waals surface area contributed by atoms with E-state index in [1.807, 2.05) is 50.2 Å². The van der Waals surface area contributed by atoms with Gasteiger partial charge >= 0.3 is 0 Å². The lowest BCUT2D eigenvalue weighted by molar-refractivity contribution is 0.102. The molecule has 0 saturated carbocycles. The Kier molecular flexibility index (Phi) is 5.12. The van der Waals surface area contributed by atoms with Gasteiger partial charge in [0.2, 0.25) is 5.89 Å². The number of carbonyl (C=O) groups excluding carboxylic acids is 1. The van der Waals surface area contributed by atoms with Gasteiger partial charge in [-0.3, -0.25) is 4.79 Å². The Morgan fingerprint density at radius 2 is 1.69 bits per heavy atom. The molecule has 0 unspecified atom stereocenters. The van der Waals surface area contributed by atoms with E-state index in [4.69, 9.17) is 27.6 Å². The minimum atomic E-state index is -0.277. The van der Waals surface area contributed by atoms with E-state index < -0.39 is 0 Å². The van der Waals surface area contributed by atoms with E-state index in [0.29, 0.717) is 27.2 Å². The summed E-state index contributed by atoms with van der Waals surface area (Å²) in [6.07, 6.45) is 0. The maximum atomic E-state index is 13.1. The SMILES string of the molecule is Cc1cc(C)c2oc(-c3ccc(Cl)c(NC(=O)c4cccc5c(Cl)cccc45)c3)nc2c1. The predicted molar refractivity (Wildman–Crippen MR) is 131 cm³/mol. The van der Waals surface area contributed by atoms with Gasteiger partial charge < -0.3 is 9.73 Å². The molecule has 0 aliphatic rings. The van der Waals surface area contributed by atoms with Crippen LogP contribution in [0.5, 0.6) is 0 Å². The molecular formula is C26H18Cl2N2O2. The van der Waals surface area contributed by atoms with E-state index in [-0.39, 0.29) is 5.91 Å². The van der Waals surface area contributed by atoms with Crippen molar-refractivity contribution in [1.82, 2.24) is 4.98 Å². The summed E-state index contributed by atoms with van der Waals surface area (Å²) in [6, 6.07) is 20.3. The number of aryl methyl sites for hydroxylation is 2. The van der Waals surface area contributed by atoms with Gasteiger partial charge in [0.25, 0.3) is 5.91 Å². The number of nitrogens with one attached hydrogen (secondary N) is 1. The van der Waals surface area contributed by atoms with Crippen LogP contribution >= 0.6 is 23.2 Å². The number of carbonyl (C=O) groups is 1. The van der Waals surface area contributed by atoms with Crippen molar-refractivity contribution in [3.05, 3.63) is 93.5 Å². The lowest BCUT2D eigenvalue weighted by Crippen LogP contribution is -2.12. The number of amides is 1. The highest BCUT2D eigenvalue weighted by Gasteiger charge is 2.16. The maximum absolute atomic E-state index is 13.1. The van der Waals surface area contributed by atoms with Crippen LogP contribution in [0.4, 0.5) is 5.69 Å². The zero-order valence-corrected chi connectivity index (χ0v) is 18.9. The van der Waals surface area contributed by atoms with E-state index in [0.717, 1.165) is 38.6 Å². The highest BCUT2D eigenvalue weighted by molar-refractivity contribution is 6.36. The highest BCUT2D eigenvalue weighted by Crippen LogP contribution is 2.33. The van der Waals surface area contributed by atoms with E-state index >= 15 is 0 Å². The van der Waals surface area contributed by atoms with Crippen LogP contribution in [0.2, 0.25) is 10.0 Å². The molecule has 0 saturated heterocycles. The Morgan fingerprint density at radius 3 is 2.53 bits per heavy atom. The summed E-state index contributed by atoms with van der Waals surface area (Å²) in [5, 5.41) is 5.53. The van der Waals surface area contributed by atoms with E-state index in [9.17, 15) is 4.79 Å². The smallest absolute Gasteiger partial charge is 0.256 e. The van der Waals surface area contributed by atoms with Gasteiger partial charge in [0.15, 0.2) is 5.58 Å². The molecule has 0 spiro atoms. The summed E-state index contributed by atoms with van der Waals surface area (Å²) in [6.45, 7) is 4.02. The lowest BCUT2D eigenvalue weighted by atomic mass is 10.0. The molecule has 0 atom stereocenters. The Balaban J connectivity index is 1.52. The molecule has 1 N–H and O–H groups in total. The first-order valence-electron chi connectivity index (χ1n) is 10.1. The number of nitrogens with zero attached hydrogens (tertiary/aromatic N) is 1. The summed E-state index contributed by atoms with van der Waals surface area (Å²) in [5.41, 5.74) is 5.40. The number of halogens is 2. The van der Waals surface area contributed by atoms with Crippen molar-refractivity contribution in [1.29, 1.82) is 0 Å². The van der Waals surface area contributed by atoms with Gasteiger partial charge in [-0.05, 0) is 66.8 Å². The third kappa shape index (κ3) is 3.62. The van der Waals surface area contributed by atoms with Crippen LogP contribution in [0.3, 0.4) is 0 Å². The van der Waals surface area contributed by atoms with Crippen molar-refractivity contribution >= 4 is 56.7 Å². The second-order valence-electron chi connectivity index (χ2n) is 7.74. The first-order chi connectivity index (χ1) is 15.4. The molecule has 5 rings (SSSR count). The van der Waals surface area contributed by atoms with Crippen LogP contribution in [-0.2, 0) is 0 Å². The molecular weight excluding hydrogens is 443 g/mol. The molecule has 1 aromatic heterocycles. The molecule has 0 radical (unpaired) electrons. The van der Waals surface area contributed by atoms with Gasteiger partial charge in [0.05, 0.1) is 10.7 Å². The molecule has 32 heavy (non-hydrogen) atoms. The van der Waals surface area contributed by atoms with Crippen molar-refractivity contribution in [3.8, 4) is 11.5 Å². The molecule has 0 aliphatic carbocycles. The van der Waals surface area contributed by atoms with Crippen molar-refractivity contribution in [2.45, 2.75) is 13.8 Å². The van der Waals surface area contributed by atoms with Gasteiger partial charge in [-0.25, -0.2) is 4.98 Å². The van der Waals surface area contributed by atoms with Crippen molar-refractivity contribution in [2.75, 3.05) is 5.32 Å². The highest BCUT2D eigenvalue weighted by atomic mass is 35.5. The molecule has 1 heterocycles. The number of anilines is 1. The Bertz CT molecular complexity index is 1520. The van der Waals surface area contributed by atoms with Gasteiger partial charge in [-0.2, -0.15) is 0 Å². The van der Waals surface area contributed by atoms with Crippen LogP contribution in [0.1, 0.15) is 21.5 Å². The topological polar surface area (TPSA) is 55.1 Å². The molecule has 6 heteroatoms. The van der Waals surface area contributed by atoms with Crippen molar-refractivity contribution in [3.63, 3.8) is 0 Å². The summed E-state index contributed by atoms with van der Waals surface area (Å²) in [7, 11) is 0. The van der Waals surface area contributed by atoms with Gasteiger partial charge in [0, 0.05) is 21.5 Å². The second kappa shape index (κ2) is 7.97. The number of rotatable bonds is 3. The van der Waals surface area contributed by atoms with Gasteiger partial charge in [0.1, 0.15) is 5.52 Å². The Hall–Kier alpha value is -3.34. The third-order valence-electron chi connectivity index (χ3n) is 5.40. The molecule has 0 bridgehead atoms. The second-order valence-corrected chi connectivity index (χ2v) is 8.55. The molecule has 0 aliphatic heterocycles. The molecule has 0 fully saturated rings. The molecule has 4 nitrogen and oxygen atoms in total. The monoisotopic (exact) mass is 460 g/mol. The number of hydrogen-bond acceptors (Lipinski definition) is 3. The van der Waals surface area contributed by atoms with Crippen LogP contribution < -0.4 is 5.32 Å². The first kappa shape index (κ1) is 20.6. The number of hydrogen-bond donors (Lipinski definition) is 1. The molecule has 4 aromatic carbocycles. The van der Waals surface area contributed by atoms with E-state index in [2.05, 4.69) is 16.4 Å². The fourth-order valence-corrected chi connectivity index (χ4v) is 4.32. The number of aromatic nitrogens is 1. The fourth-order valence-electron chi connectivity index (χ4n) is 3.91. The summed E-state index contributed by atoms with van der Waals surface area (Å²) < 4.78 is 6.01.